The molecule has 4 fully saturated rings. The summed E-state index contributed by atoms with van der Waals surface area (Å²) in [6.45, 7) is 4.92. The number of carbonyl (C=O) groups excluding carboxylic acids is 2. The lowest BCUT2D eigenvalue weighted by molar-refractivity contribution is -0.236. The molecule has 0 N–H and O–H groups in total. The molecular formula is C20H32O4. The van der Waals surface area contributed by atoms with Crippen molar-refractivity contribution < 1.29 is 19.1 Å². The van der Waals surface area contributed by atoms with Crippen LogP contribution in [0.3, 0.4) is 0 Å². The molecule has 24 heavy (non-hydrogen) atoms. The molecule has 136 valence electrons. The average molecular weight is 336 g/mol. The van der Waals surface area contributed by atoms with Gasteiger partial charge in [-0.1, -0.05) is 13.8 Å². The first-order valence-corrected chi connectivity index (χ1v) is 9.79. The van der Waals surface area contributed by atoms with E-state index in [1.165, 1.54) is 6.42 Å². The summed E-state index contributed by atoms with van der Waals surface area (Å²) in [4.78, 5) is 23.1. The van der Waals surface area contributed by atoms with Gasteiger partial charge in [0.05, 0.1) is 24.4 Å². The molecule has 0 spiro atoms. The molecule has 0 aromatic heterocycles. The Kier molecular flexibility index (Phi) is 5.45. The predicted octanol–water partition coefficient (Wildman–Crippen LogP) is 3.85. The number of Topliss-reactive ketones (excluding diaryl/α,β-unsaturated/α-hetero) is 2. The second-order valence-electron chi connectivity index (χ2n) is 8.31. The van der Waals surface area contributed by atoms with Crippen molar-refractivity contribution in [1.29, 1.82) is 0 Å². The van der Waals surface area contributed by atoms with E-state index >= 15 is 0 Å². The second kappa shape index (κ2) is 7.25. The van der Waals surface area contributed by atoms with E-state index in [2.05, 4.69) is 0 Å². The van der Waals surface area contributed by atoms with E-state index in [0.717, 1.165) is 32.1 Å². The summed E-state index contributed by atoms with van der Waals surface area (Å²) in [5, 5.41) is 0. The van der Waals surface area contributed by atoms with Gasteiger partial charge in [0, 0.05) is 32.1 Å². The van der Waals surface area contributed by atoms with Crippen LogP contribution in [0.4, 0.5) is 0 Å². The SMILES string of the molecule is CCC(=O)CCOC12CC3CC(C1)CC(OCCC(=O)CC)(C3)C2. The molecule has 0 aromatic rings. The molecule has 0 heterocycles. The lowest BCUT2D eigenvalue weighted by atomic mass is 9.52. The van der Waals surface area contributed by atoms with Gasteiger partial charge in [0.2, 0.25) is 0 Å². The topological polar surface area (TPSA) is 52.6 Å². The third-order valence-electron chi connectivity index (χ3n) is 6.32. The fourth-order valence-corrected chi connectivity index (χ4v) is 5.55. The van der Waals surface area contributed by atoms with Gasteiger partial charge in [-0.3, -0.25) is 9.59 Å². The quantitative estimate of drug-likeness (QED) is 0.608. The van der Waals surface area contributed by atoms with Crippen molar-refractivity contribution in [3.63, 3.8) is 0 Å². The number of carbonyl (C=O) groups is 2. The number of hydrogen-bond acceptors (Lipinski definition) is 4. The van der Waals surface area contributed by atoms with Crippen LogP contribution in [-0.2, 0) is 19.1 Å². The minimum Gasteiger partial charge on any atom is -0.374 e. The molecule has 0 saturated heterocycles. The predicted molar refractivity (Wildman–Crippen MR) is 91.9 cm³/mol. The maximum atomic E-state index is 11.6. The van der Waals surface area contributed by atoms with Crippen molar-refractivity contribution >= 4 is 11.6 Å². The molecule has 0 unspecified atom stereocenters. The maximum absolute atomic E-state index is 11.6. The van der Waals surface area contributed by atoms with Gasteiger partial charge in [-0.05, 0) is 43.9 Å². The molecular weight excluding hydrogens is 304 g/mol. The summed E-state index contributed by atoms with van der Waals surface area (Å²) >= 11 is 0. The van der Waals surface area contributed by atoms with Gasteiger partial charge >= 0.3 is 0 Å². The van der Waals surface area contributed by atoms with Crippen LogP contribution in [0.15, 0.2) is 0 Å². The molecule has 0 aliphatic heterocycles. The normalized spacial score (nSPS) is 36.9. The largest absolute Gasteiger partial charge is 0.374 e. The third-order valence-corrected chi connectivity index (χ3v) is 6.32. The van der Waals surface area contributed by atoms with Crippen molar-refractivity contribution in [2.75, 3.05) is 13.2 Å². The summed E-state index contributed by atoms with van der Waals surface area (Å²) in [6, 6.07) is 0. The highest BCUT2D eigenvalue weighted by atomic mass is 16.5. The minimum atomic E-state index is -0.0765. The standard InChI is InChI=1S/C20H32O4/c1-3-17(21)5-7-23-19-10-15-9-16(11-19)13-20(12-15,14-19)24-8-6-18(22)4-2/h15-16H,3-14H2,1-2H3. The van der Waals surface area contributed by atoms with E-state index in [9.17, 15) is 9.59 Å². The Hall–Kier alpha value is -0.740. The van der Waals surface area contributed by atoms with E-state index in [0.29, 0.717) is 50.7 Å². The molecule has 0 amide bonds. The van der Waals surface area contributed by atoms with E-state index in [-0.39, 0.29) is 22.8 Å². The van der Waals surface area contributed by atoms with Crippen molar-refractivity contribution in [2.45, 2.75) is 89.3 Å². The molecule has 4 saturated carbocycles. The Morgan fingerprint density at radius 1 is 0.833 bits per heavy atom. The minimum absolute atomic E-state index is 0.0765. The Bertz CT molecular complexity index is 430. The molecule has 4 aliphatic carbocycles. The van der Waals surface area contributed by atoms with Crippen LogP contribution in [-0.4, -0.2) is 36.0 Å². The highest BCUT2D eigenvalue weighted by Crippen LogP contribution is 2.60. The van der Waals surface area contributed by atoms with Crippen LogP contribution < -0.4 is 0 Å². The van der Waals surface area contributed by atoms with Crippen LogP contribution in [0.5, 0.6) is 0 Å². The van der Waals surface area contributed by atoms with E-state index in [1.54, 1.807) is 0 Å². The highest BCUT2D eigenvalue weighted by molar-refractivity contribution is 5.78. The van der Waals surface area contributed by atoms with Gasteiger partial charge in [0.15, 0.2) is 0 Å². The van der Waals surface area contributed by atoms with Gasteiger partial charge in [-0.2, -0.15) is 0 Å². The summed E-state index contributed by atoms with van der Waals surface area (Å²) in [5.41, 5.74) is -0.153. The van der Waals surface area contributed by atoms with Crippen LogP contribution in [0.1, 0.15) is 78.1 Å². The zero-order valence-corrected chi connectivity index (χ0v) is 15.3. The fraction of sp³-hybridized carbons (Fsp3) is 0.900. The molecule has 0 aromatic carbocycles. The van der Waals surface area contributed by atoms with Crippen molar-refractivity contribution in [3.8, 4) is 0 Å². The number of ketones is 2. The fourth-order valence-electron chi connectivity index (χ4n) is 5.55. The molecule has 4 rings (SSSR count). The molecule has 4 aliphatic rings. The van der Waals surface area contributed by atoms with Gasteiger partial charge in [0.1, 0.15) is 11.6 Å². The smallest absolute Gasteiger partial charge is 0.134 e. The van der Waals surface area contributed by atoms with Crippen molar-refractivity contribution in [3.05, 3.63) is 0 Å². The zero-order valence-electron chi connectivity index (χ0n) is 15.3. The van der Waals surface area contributed by atoms with Crippen LogP contribution >= 0.6 is 0 Å². The average Bonchev–Trinajstić information content (AvgIpc) is 2.52. The zero-order chi connectivity index (χ0) is 17.2. The Morgan fingerprint density at radius 3 is 1.62 bits per heavy atom. The van der Waals surface area contributed by atoms with Crippen molar-refractivity contribution in [2.24, 2.45) is 11.8 Å². The van der Waals surface area contributed by atoms with Crippen LogP contribution in [0.25, 0.3) is 0 Å². The van der Waals surface area contributed by atoms with Crippen LogP contribution in [0, 0.1) is 11.8 Å². The number of hydrogen-bond donors (Lipinski definition) is 0. The first-order chi connectivity index (χ1) is 11.5. The Labute approximate surface area is 145 Å². The molecule has 0 radical (unpaired) electrons. The van der Waals surface area contributed by atoms with E-state index in [4.69, 9.17) is 9.47 Å². The second-order valence-corrected chi connectivity index (χ2v) is 8.31. The monoisotopic (exact) mass is 336 g/mol. The molecule has 4 nitrogen and oxygen atoms in total. The Balaban J connectivity index is 1.59. The first-order valence-electron chi connectivity index (χ1n) is 9.79. The summed E-state index contributed by atoms with van der Waals surface area (Å²) in [5.74, 6) is 1.94. The van der Waals surface area contributed by atoms with E-state index in [1.807, 2.05) is 13.8 Å². The third kappa shape index (κ3) is 3.91. The van der Waals surface area contributed by atoms with Crippen molar-refractivity contribution in [1.82, 2.24) is 0 Å². The van der Waals surface area contributed by atoms with Gasteiger partial charge in [0.25, 0.3) is 0 Å². The van der Waals surface area contributed by atoms with E-state index < -0.39 is 0 Å². The molecule has 4 bridgehead atoms. The lowest BCUT2D eigenvalue weighted by Gasteiger charge is -2.61. The lowest BCUT2D eigenvalue weighted by Crippen LogP contribution is -2.61. The summed E-state index contributed by atoms with van der Waals surface area (Å²) in [7, 11) is 0. The van der Waals surface area contributed by atoms with Gasteiger partial charge in [-0.15, -0.1) is 0 Å². The summed E-state index contributed by atoms with van der Waals surface area (Å²) in [6.07, 6.45) is 9.03. The summed E-state index contributed by atoms with van der Waals surface area (Å²) < 4.78 is 12.6. The number of rotatable bonds is 10. The van der Waals surface area contributed by atoms with Crippen LogP contribution in [0.2, 0.25) is 0 Å². The van der Waals surface area contributed by atoms with Gasteiger partial charge in [-0.25, -0.2) is 0 Å². The molecule has 0 atom stereocenters. The highest BCUT2D eigenvalue weighted by Gasteiger charge is 2.59. The molecule has 4 heteroatoms. The maximum Gasteiger partial charge on any atom is 0.134 e. The number of ether oxygens (including phenoxy) is 2. The van der Waals surface area contributed by atoms with Gasteiger partial charge < -0.3 is 9.47 Å². The first kappa shape index (κ1) is 18.1. The Morgan fingerprint density at radius 2 is 1.25 bits per heavy atom.